The number of ether oxygens (including phenoxy) is 2. The number of para-hydroxylation sites is 1. The van der Waals surface area contributed by atoms with Crippen LogP contribution in [0, 0.1) is 18.3 Å². The molecule has 0 amide bonds. The van der Waals surface area contributed by atoms with E-state index in [0.717, 1.165) is 22.6 Å². The van der Waals surface area contributed by atoms with Crippen LogP contribution in [0.3, 0.4) is 0 Å². The highest BCUT2D eigenvalue weighted by Gasteiger charge is 2.15. The summed E-state index contributed by atoms with van der Waals surface area (Å²) < 4.78 is 11.0. The zero-order chi connectivity index (χ0) is 23.9. The SMILES string of the molecule is COc1ccc(-c2cc(Nc3cc(C)[nH]n3)nc(NCCOc3ccccc3Cl)c2C#N)cc1. The van der Waals surface area contributed by atoms with E-state index in [0.29, 0.717) is 46.9 Å². The standard InChI is InChI=1S/C25H23ClN6O2/c1-16-13-24(32-31-16)29-23-14-19(17-7-9-18(33-2)10-8-17)20(15-27)25(30-23)28-11-12-34-22-6-4-3-5-21(22)26/h3-10,13-14H,11-12H2,1-2H3,(H3,28,29,30,31,32). The van der Waals surface area contributed by atoms with Gasteiger partial charge in [0.25, 0.3) is 0 Å². The fraction of sp³-hybridized carbons (Fsp3) is 0.160. The second-order valence-corrected chi connectivity index (χ2v) is 7.79. The summed E-state index contributed by atoms with van der Waals surface area (Å²) in [5.74, 6) is 2.95. The number of methoxy groups -OCH3 is 1. The molecule has 0 bridgehead atoms. The number of aryl methyl sites for hydroxylation is 1. The average Bonchev–Trinajstić information content (AvgIpc) is 3.27. The molecule has 2 aromatic carbocycles. The monoisotopic (exact) mass is 474 g/mol. The number of nitrogens with one attached hydrogen (secondary N) is 3. The van der Waals surface area contributed by atoms with Crippen LogP contribution < -0.4 is 20.1 Å². The summed E-state index contributed by atoms with van der Waals surface area (Å²) >= 11 is 6.15. The number of hydrogen-bond acceptors (Lipinski definition) is 7. The maximum absolute atomic E-state index is 9.98. The second-order valence-electron chi connectivity index (χ2n) is 7.39. The number of nitrogens with zero attached hydrogens (tertiary/aromatic N) is 3. The van der Waals surface area contributed by atoms with E-state index in [2.05, 4.69) is 31.9 Å². The third kappa shape index (κ3) is 5.39. The number of benzene rings is 2. The molecule has 0 unspecified atom stereocenters. The number of H-pyrrole nitrogens is 1. The van der Waals surface area contributed by atoms with Gasteiger partial charge in [-0.2, -0.15) is 10.4 Å². The van der Waals surface area contributed by atoms with Gasteiger partial charge in [0.1, 0.15) is 41.4 Å². The predicted molar refractivity (Wildman–Crippen MR) is 133 cm³/mol. The molecule has 8 nitrogen and oxygen atoms in total. The van der Waals surface area contributed by atoms with Crippen molar-refractivity contribution in [2.45, 2.75) is 6.92 Å². The summed E-state index contributed by atoms with van der Waals surface area (Å²) in [5.41, 5.74) is 2.93. The normalized spacial score (nSPS) is 10.4. The van der Waals surface area contributed by atoms with Crippen molar-refractivity contribution < 1.29 is 9.47 Å². The first-order chi connectivity index (χ1) is 16.6. The molecule has 0 saturated carbocycles. The number of aromatic nitrogens is 3. The van der Waals surface area contributed by atoms with Crippen LogP contribution in [0.15, 0.2) is 60.7 Å². The summed E-state index contributed by atoms with van der Waals surface area (Å²) in [6.07, 6.45) is 0. The van der Waals surface area contributed by atoms with Gasteiger partial charge in [-0.05, 0) is 42.8 Å². The summed E-state index contributed by atoms with van der Waals surface area (Å²) in [4.78, 5) is 4.63. The highest BCUT2D eigenvalue weighted by molar-refractivity contribution is 6.32. The van der Waals surface area contributed by atoms with E-state index < -0.39 is 0 Å². The van der Waals surface area contributed by atoms with Gasteiger partial charge in [0.2, 0.25) is 0 Å². The molecule has 4 aromatic rings. The van der Waals surface area contributed by atoms with Crippen molar-refractivity contribution in [3.63, 3.8) is 0 Å². The Morgan fingerprint density at radius 1 is 1.09 bits per heavy atom. The smallest absolute Gasteiger partial charge is 0.153 e. The molecule has 2 aromatic heterocycles. The minimum absolute atomic E-state index is 0.338. The lowest BCUT2D eigenvalue weighted by molar-refractivity contribution is 0.333. The highest BCUT2D eigenvalue weighted by atomic mass is 35.5. The van der Waals surface area contributed by atoms with Crippen molar-refractivity contribution in [3.05, 3.63) is 76.9 Å². The molecule has 4 rings (SSSR count). The molecular weight excluding hydrogens is 452 g/mol. The summed E-state index contributed by atoms with van der Waals surface area (Å²) in [6, 6.07) is 20.8. The average molecular weight is 475 g/mol. The van der Waals surface area contributed by atoms with Crippen molar-refractivity contribution >= 4 is 29.1 Å². The molecule has 0 aliphatic carbocycles. The van der Waals surface area contributed by atoms with Crippen LogP contribution in [0.2, 0.25) is 5.02 Å². The number of aromatic amines is 1. The van der Waals surface area contributed by atoms with E-state index in [-0.39, 0.29) is 0 Å². The van der Waals surface area contributed by atoms with Gasteiger partial charge in [-0.1, -0.05) is 35.9 Å². The van der Waals surface area contributed by atoms with Crippen molar-refractivity contribution in [1.82, 2.24) is 15.2 Å². The molecule has 0 saturated heterocycles. The first-order valence-corrected chi connectivity index (χ1v) is 10.9. The fourth-order valence-corrected chi connectivity index (χ4v) is 3.54. The van der Waals surface area contributed by atoms with Crippen LogP contribution in [0.25, 0.3) is 11.1 Å². The molecular formula is C25H23ClN6O2. The predicted octanol–water partition coefficient (Wildman–Crippen LogP) is 5.55. The molecule has 3 N–H and O–H groups in total. The maximum atomic E-state index is 9.98. The van der Waals surface area contributed by atoms with E-state index in [9.17, 15) is 5.26 Å². The molecule has 0 aliphatic heterocycles. The van der Waals surface area contributed by atoms with Gasteiger partial charge in [0, 0.05) is 17.3 Å². The molecule has 0 atom stereocenters. The third-order valence-electron chi connectivity index (χ3n) is 4.98. The Hall–Kier alpha value is -4.22. The van der Waals surface area contributed by atoms with E-state index in [1.54, 1.807) is 19.2 Å². The Balaban J connectivity index is 1.61. The number of hydrogen-bond donors (Lipinski definition) is 3. The van der Waals surface area contributed by atoms with Gasteiger partial charge in [0.15, 0.2) is 5.82 Å². The lowest BCUT2D eigenvalue weighted by Crippen LogP contribution is -2.14. The molecule has 0 aliphatic rings. The van der Waals surface area contributed by atoms with Crippen LogP contribution >= 0.6 is 11.6 Å². The van der Waals surface area contributed by atoms with Gasteiger partial charge in [-0.3, -0.25) is 5.10 Å². The second kappa shape index (κ2) is 10.6. The molecule has 0 radical (unpaired) electrons. The number of nitriles is 1. The maximum Gasteiger partial charge on any atom is 0.153 e. The van der Waals surface area contributed by atoms with Gasteiger partial charge in [-0.25, -0.2) is 4.98 Å². The van der Waals surface area contributed by atoms with E-state index in [1.165, 1.54) is 0 Å². The Bertz CT molecular complexity index is 1310. The minimum atomic E-state index is 0.338. The zero-order valence-corrected chi connectivity index (χ0v) is 19.5. The van der Waals surface area contributed by atoms with Crippen molar-refractivity contribution in [2.75, 3.05) is 30.9 Å². The highest BCUT2D eigenvalue weighted by Crippen LogP contribution is 2.32. The summed E-state index contributed by atoms with van der Waals surface area (Å²) in [7, 11) is 1.61. The Morgan fingerprint density at radius 3 is 2.56 bits per heavy atom. The lowest BCUT2D eigenvalue weighted by Gasteiger charge is -2.15. The van der Waals surface area contributed by atoms with Crippen LogP contribution in [0.1, 0.15) is 11.3 Å². The molecule has 172 valence electrons. The zero-order valence-electron chi connectivity index (χ0n) is 18.7. The number of pyridine rings is 1. The van der Waals surface area contributed by atoms with Crippen LogP contribution in [0.4, 0.5) is 17.5 Å². The van der Waals surface area contributed by atoms with Crippen LogP contribution in [0.5, 0.6) is 11.5 Å². The summed E-state index contributed by atoms with van der Waals surface area (Å²) in [5, 5.41) is 24.0. The Labute approximate surface area is 202 Å². The van der Waals surface area contributed by atoms with E-state index in [1.807, 2.05) is 55.5 Å². The summed E-state index contributed by atoms with van der Waals surface area (Å²) in [6.45, 7) is 2.67. The Kier molecular flexibility index (Phi) is 7.16. The van der Waals surface area contributed by atoms with E-state index >= 15 is 0 Å². The first kappa shape index (κ1) is 23.0. The first-order valence-electron chi connectivity index (χ1n) is 10.6. The molecule has 34 heavy (non-hydrogen) atoms. The third-order valence-corrected chi connectivity index (χ3v) is 5.30. The van der Waals surface area contributed by atoms with Crippen molar-refractivity contribution in [1.29, 1.82) is 5.26 Å². The number of rotatable bonds is 9. The van der Waals surface area contributed by atoms with Gasteiger partial charge in [0.05, 0.1) is 18.7 Å². The molecule has 0 spiro atoms. The van der Waals surface area contributed by atoms with Gasteiger partial charge < -0.3 is 20.1 Å². The molecule has 2 heterocycles. The van der Waals surface area contributed by atoms with Crippen LogP contribution in [-0.2, 0) is 0 Å². The molecule has 0 fully saturated rings. The fourth-order valence-electron chi connectivity index (χ4n) is 3.35. The quantitative estimate of drug-likeness (QED) is 0.273. The lowest BCUT2D eigenvalue weighted by atomic mass is 10.0. The van der Waals surface area contributed by atoms with Gasteiger partial charge in [-0.15, -0.1) is 0 Å². The Morgan fingerprint density at radius 2 is 1.88 bits per heavy atom. The minimum Gasteiger partial charge on any atom is -0.497 e. The van der Waals surface area contributed by atoms with E-state index in [4.69, 9.17) is 21.1 Å². The van der Waals surface area contributed by atoms with Crippen molar-refractivity contribution in [3.8, 4) is 28.7 Å². The van der Waals surface area contributed by atoms with Gasteiger partial charge >= 0.3 is 0 Å². The van der Waals surface area contributed by atoms with Crippen LogP contribution in [-0.4, -0.2) is 35.4 Å². The largest absolute Gasteiger partial charge is 0.497 e. The number of halogens is 1. The van der Waals surface area contributed by atoms with Crippen molar-refractivity contribution in [2.24, 2.45) is 0 Å². The topological polar surface area (TPSA) is 108 Å². The molecule has 9 heteroatoms. The number of anilines is 3.